The Balaban J connectivity index is 2.61. The molecule has 0 aliphatic heterocycles. The van der Waals surface area contributed by atoms with E-state index in [2.05, 4.69) is 14.9 Å². The van der Waals surface area contributed by atoms with Crippen LogP contribution in [0.4, 0.5) is 5.00 Å². The van der Waals surface area contributed by atoms with E-state index in [0.717, 1.165) is 11.5 Å². The van der Waals surface area contributed by atoms with E-state index in [-0.39, 0.29) is 5.91 Å². The van der Waals surface area contributed by atoms with E-state index in [1.54, 1.807) is 13.8 Å². The van der Waals surface area contributed by atoms with Crippen LogP contribution in [-0.4, -0.2) is 28.2 Å². The van der Waals surface area contributed by atoms with Gasteiger partial charge in [0.2, 0.25) is 0 Å². The summed E-state index contributed by atoms with van der Waals surface area (Å²) in [6.07, 6.45) is 1.49. The Morgan fingerprint density at radius 3 is 2.85 bits per heavy atom. The summed E-state index contributed by atoms with van der Waals surface area (Å²) in [4.78, 5) is 11.5. The van der Waals surface area contributed by atoms with E-state index in [9.17, 15) is 4.79 Å². The number of carbonyl (C=O) groups is 1. The fourth-order valence-electron chi connectivity index (χ4n) is 0.577. The molecule has 0 aliphatic rings. The van der Waals surface area contributed by atoms with E-state index in [1.807, 2.05) is 0 Å². The number of carbonyl (C=O) groups excluding carboxylic acids is 1. The lowest BCUT2D eigenvalue weighted by atomic mass is 10.1. The van der Waals surface area contributed by atoms with Gasteiger partial charge in [-0.3, -0.25) is 4.79 Å². The van der Waals surface area contributed by atoms with Crippen molar-refractivity contribution in [1.82, 2.24) is 9.59 Å². The van der Waals surface area contributed by atoms with E-state index in [0.29, 0.717) is 5.00 Å². The van der Waals surface area contributed by atoms with Crippen molar-refractivity contribution in [2.45, 2.75) is 19.4 Å². The van der Waals surface area contributed by atoms with Gasteiger partial charge in [-0.1, -0.05) is 4.49 Å². The summed E-state index contributed by atoms with van der Waals surface area (Å²) in [6.45, 7) is 3.38. The molecule has 1 rings (SSSR count). The van der Waals surface area contributed by atoms with Gasteiger partial charge in [0.05, 0.1) is 6.20 Å². The number of methoxy groups -OCH3 is 1. The van der Waals surface area contributed by atoms with E-state index in [4.69, 9.17) is 4.74 Å². The van der Waals surface area contributed by atoms with Crippen LogP contribution in [0.1, 0.15) is 13.8 Å². The molecule has 0 unspecified atom stereocenters. The van der Waals surface area contributed by atoms with Crippen LogP contribution in [-0.2, 0) is 9.53 Å². The average molecular weight is 201 g/mol. The van der Waals surface area contributed by atoms with Gasteiger partial charge in [0.1, 0.15) is 10.6 Å². The molecule has 6 heteroatoms. The molecule has 13 heavy (non-hydrogen) atoms. The number of ether oxygens (including phenoxy) is 1. The Morgan fingerprint density at radius 1 is 1.69 bits per heavy atom. The Hall–Kier alpha value is -1.01. The molecule has 1 heterocycles. The van der Waals surface area contributed by atoms with Gasteiger partial charge in [0, 0.05) is 18.6 Å². The molecule has 0 saturated carbocycles. The highest BCUT2D eigenvalue weighted by Gasteiger charge is 2.27. The van der Waals surface area contributed by atoms with Crippen LogP contribution in [0.25, 0.3) is 0 Å². The summed E-state index contributed by atoms with van der Waals surface area (Å²) in [5.41, 5.74) is -0.829. The third kappa shape index (κ3) is 2.46. The van der Waals surface area contributed by atoms with Crippen molar-refractivity contribution < 1.29 is 9.53 Å². The molecular weight excluding hydrogens is 190 g/mol. The minimum absolute atomic E-state index is 0.207. The van der Waals surface area contributed by atoms with Crippen molar-refractivity contribution in [3.63, 3.8) is 0 Å². The summed E-state index contributed by atoms with van der Waals surface area (Å²) in [5.74, 6) is -0.207. The molecule has 0 bridgehead atoms. The zero-order valence-electron chi connectivity index (χ0n) is 7.70. The van der Waals surface area contributed by atoms with Crippen LogP contribution in [0.3, 0.4) is 0 Å². The highest BCUT2D eigenvalue weighted by atomic mass is 32.1. The predicted molar refractivity (Wildman–Crippen MR) is 49.6 cm³/mol. The van der Waals surface area contributed by atoms with Crippen LogP contribution >= 0.6 is 11.5 Å². The Labute approximate surface area is 80.3 Å². The fourth-order valence-corrected chi connectivity index (χ4v) is 0.992. The minimum Gasteiger partial charge on any atom is -0.369 e. The fraction of sp³-hybridized carbons (Fsp3) is 0.571. The molecule has 5 nitrogen and oxygen atoms in total. The van der Waals surface area contributed by atoms with Crippen LogP contribution in [0.5, 0.6) is 0 Å². The topological polar surface area (TPSA) is 64.1 Å². The number of aromatic nitrogens is 2. The van der Waals surface area contributed by atoms with Gasteiger partial charge in [0.25, 0.3) is 5.91 Å². The van der Waals surface area contributed by atoms with Crippen molar-refractivity contribution in [1.29, 1.82) is 0 Å². The van der Waals surface area contributed by atoms with Gasteiger partial charge in [-0.25, -0.2) is 0 Å². The lowest BCUT2D eigenvalue weighted by Crippen LogP contribution is -2.38. The second kappa shape index (κ2) is 3.80. The molecule has 1 amide bonds. The summed E-state index contributed by atoms with van der Waals surface area (Å²) in [6, 6.07) is 0. The third-order valence-corrected chi connectivity index (χ3v) is 2.24. The normalized spacial score (nSPS) is 11.3. The highest BCUT2D eigenvalue weighted by molar-refractivity contribution is 7.10. The highest BCUT2D eigenvalue weighted by Crippen LogP contribution is 2.14. The molecule has 0 atom stereocenters. The molecule has 1 aromatic rings. The SMILES string of the molecule is COC(C)(C)C(=O)Nc1cnns1. The second-order valence-corrected chi connectivity index (χ2v) is 3.74. The molecule has 0 aliphatic carbocycles. The maximum Gasteiger partial charge on any atom is 0.256 e. The maximum atomic E-state index is 11.5. The molecule has 0 saturated heterocycles. The lowest BCUT2D eigenvalue weighted by molar-refractivity contribution is -0.133. The molecule has 0 fully saturated rings. The first kappa shape index (κ1) is 10.1. The molecule has 72 valence electrons. The largest absolute Gasteiger partial charge is 0.369 e. The number of anilines is 1. The molecule has 0 radical (unpaired) electrons. The molecule has 1 N–H and O–H groups in total. The average Bonchev–Trinajstić information content (AvgIpc) is 2.57. The van der Waals surface area contributed by atoms with Crippen LogP contribution in [0, 0.1) is 0 Å². The molecule has 0 spiro atoms. The first-order valence-electron chi connectivity index (χ1n) is 3.70. The second-order valence-electron chi connectivity index (χ2n) is 2.95. The molecule has 0 aromatic carbocycles. The van der Waals surface area contributed by atoms with E-state index < -0.39 is 5.60 Å². The quantitative estimate of drug-likeness (QED) is 0.789. The van der Waals surface area contributed by atoms with Gasteiger partial charge in [-0.05, 0) is 13.8 Å². The zero-order valence-corrected chi connectivity index (χ0v) is 8.51. The van der Waals surface area contributed by atoms with Crippen molar-refractivity contribution in [3.8, 4) is 0 Å². The van der Waals surface area contributed by atoms with Crippen LogP contribution in [0.15, 0.2) is 6.20 Å². The van der Waals surface area contributed by atoms with Gasteiger partial charge in [0.15, 0.2) is 0 Å². The Kier molecular flexibility index (Phi) is 2.94. The summed E-state index contributed by atoms with van der Waals surface area (Å²) < 4.78 is 8.62. The van der Waals surface area contributed by atoms with Crippen molar-refractivity contribution >= 4 is 22.4 Å². The summed E-state index contributed by atoms with van der Waals surface area (Å²) in [5, 5.41) is 6.86. The smallest absolute Gasteiger partial charge is 0.256 e. The number of amides is 1. The van der Waals surface area contributed by atoms with Gasteiger partial charge >= 0.3 is 0 Å². The number of rotatable bonds is 3. The van der Waals surface area contributed by atoms with Gasteiger partial charge < -0.3 is 10.1 Å². The first-order valence-corrected chi connectivity index (χ1v) is 4.47. The molecule has 1 aromatic heterocycles. The van der Waals surface area contributed by atoms with Crippen LogP contribution in [0.2, 0.25) is 0 Å². The standard InChI is InChI=1S/C7H11N3O2S/c1-7(2,12-3)6(11)9-5-4-8-10-13-5/h4H,1-3H3,(H,9,11). The number of hydrogen-bond acceptors (Lipinski definition) is 5. The maximum absolute atomic E-state index is 11.5. The first-order chi connectivity index (χ1) is 6.06. The van der Waals surface area contributed by atoms with E-state index in [1.165, 1.54) is 13.3 Å². The van der Waals surface area contributed by atoms with Gasteiger partial charge in [-0.15, -0.1) is 5.10 Å². The number of hydrogen-bond donors (Lipinski definition) is 1. The minimum atomic E-state index is -0.829. The third-order valence-electron chi connectivity index (χ3n) is 1.66. The zero-order chi connectivity index (χ0) is 9.90. The Bertz CT molecular complexity index is 284. The molecular formula is C7H11N3O2S. The van der Waals surface area contributed by atoms with Gasteiger partial charge in [-0.2, -0.15) is 0 Å². The van der Waals surface area contributed by atoms with Crippen LogP contribution < -0.4 is 5.32 Å². The summed E-state index contributed by atoms with van der Waals surface area (Å²) in [7, 11) is 1.49. The van der Waals surface area contributed by atoms with Crippen molar-refractivity contribution in [2.75, 3.05) is 12.4 Å². The Morgan fingerprint density at radius 2 is 2.38 bits per heavy atom. The van der Waals surface area contributed by atoms with Crippen molar-refractivity contribution in [3.05, 3.63) is 6.20 Å². The van der Waals surface area contributed by atoms with Crippen molar-refractivity contribution in [2.24, 2.45) is 0 Å². The van der Waals surface area contributed by atoms with E-state index >= 15 is 0 Å². The predicted octanol–water partition coefficient (Wildman–Crippen LogP) is 0.902. The number of nitrogens with one attached hydrogen (secondary N) is 1. The number of nitrogens with zero attached hydrogens (tertiary/aromatic N) is 2. The summed E-state index contributed by atoms with van der Waals surface area (Å²) >= 11 is 1.13. The lowest BCUT2D eigenvalue weighted by Gasteiger charge is -2.20. The monoisotopic (exact) mass is 201 g/mol.